The van der Waals surface area contributed by atoms with Crippen LogP contribution < -0.4 is 0 Å². The summed E-state index contributed by atoms with van der Waals surface area (Å²) in [6, 6.07) is 0. The Morgan fingerprint density at radius 2 is 1.93 bits per heavy atom. The highest BCUT2D eigenvalue weighted by atomic mass is 16.5. The first-order valence-electron chi connectivity index (χ1n) is 12.4. The Balaban J connectivity index is 1.57. The summed E-state index contributed by atoms with van der Waals surface area (Å²) >= 11 is 0. The van der Waals surface area contributed by atoms with Crippen molar-refractivity contribution < 1.29 is 9.53 Å². The van der Waals surface area contributed by atoms with E-state index in [1.807, 2.05) is 5.57 Å². The topological polar surface area (TPSA) is 26.3 Å². The Hall–Kier alpha value is -0.790. The standard InChI is InChI=1S/C27H44O2/c1-18-11-16-27(5)23-13-15-26(4)21(19(2)7-10-24(28)29-6)8-9-22(26)20(23)12-14-25(27,3)17-18/h13,18-22H,7-12,14-17H2,1-6H3/t18-,19?,20?,21?,22?,25-,26-,27-/m1/s1. The lowest BCUT2D eigenvalue weighted by atomic mass is 9.43. The molecule has 0 spiro atoms. The van der Waals surface area contributed by atoms with Gasteiger partial charge >= 0.3 is 5.97 Å². The van der Waals surface area contributed by atoms with Crippen molar-refractivity contribution >= 4 is 5.97 Å². The Morgan fingerprint density at radius 1 is 1.17 bits per heavy atom. The van der Waals surface area contributed by atoms with Crippen LogP contribution in [0, 0.1) is 45.8 Å². The van der Waals surface area contributed by atoms with Crippen LogP contribution in [0.25, 0.3) is 0 Å². The molecule has 4 unspecified atom stereocenters. The number of esters is 1. The summed E-state index contributed by atoms with van der Waals surface area (Å²) in [4.78, 5) is 11.7. The average molecular weight is 401 g/mol. The molecule has 0 heterocycles. The van der Waals surface area contributed by atoms with Crippen LogP contribution in [0.15, 0.2) is 11.6 Å². The van der Waals surface area contributed by atoms with E-state index < -0.39 is 0 Å². The van der Waals surface area contributed by atoms with Crippen molar-refractivity contribution in [3.63, 3.8) is 0 Å². The fraction of sp³-hybridized carbons (Fsp3) is 0.889. The molecule has 4 rings (SSSR count). The number of carbonyl (C=O) groups is 1. The zero-order valence-corrected chi connectivity index (χ0v) is 19.9. The van der Waals surface area contributed by atoms with Crippen LogP contribution in [-0.4, -0.2) is 13.1 Å². The van der Waals surface area contributed by atoms with E-state index in [1.54, 1.807) is 0 Å². The smallest absolute Gasteiger partial charge is 0.305 e. The lowest BCUT2D eigenvalue weighted by Crippen LogP contribution is -2.52. The van der Waals surface area contributed by atoms with Gasteiger partial charge in [-0.3, -0.25) is 4.79 Å². The number of methoxy groups -OCH3 is 1. The molecule has 4 aliphatic rings. The van der Waals surface area contributed by atoms with E-state index in [4.69, 9.17) is 4.74 Å². The maximum atomic E-state index is 11.7. The molecule has 29 heavy (non-hydrogen) atoms. The molecule has 0 bridgehead atoms. The second-order valence-corrected chi connectivity index (χ2v) is 12.1. The predicted molar refractivity (Wildman–Crippen MR) is 119 cm³/mol. The SMILES string of the molecule is COC(=O)CCC(C)C1CCC2C3CC[C@]4(C)C[C@H](C)CC[C@]4(C)C3=CC[C@]12C. The molecule has 164 valence electrons. The minimum Gasteiger partial charge on any atom is -0.469 e. The summed E-state index contributed by atoms with van der Waals surface area (Å²) in [6.45, 7) is 12.7. The van der Waals surface area contributed by atoms with Crippen LogP contribution >= 0.6 is 0 Å². The number of rotatable bonds is 4. The molecule has 3 saturated carbocycles. The second-order valence-electron chi connectivity index (χ2n) is 12.1. The Bertz CT molecular complexity index is 680. The van der Waals surface area contributed by atoms with Crippen molar-refractivity contribution in [1.82, 2.24) is 0 Å². The first-order valence-corrected chi connectivity index (χ1v) is 12.4. The van der Waals surface area contributed by atoms with Gasteiger partial charge in [0.2, 0.25) is 0 Å². The van der Waals surface area contributed by atoms with Gasteiger partial charge in [-0.1, -0.05) is 46.3 Å². The van der Waals surface area contributed by atoms with Crippen molar-refractivity contribution in [3.8, 4) is 0 Å². The van der Waals surface area contributed by atoms with Crippen molar-refractivity contribution in [1.29, 1.82) is 0 Å². The number of allylic oxidation sites excluding steroid dienone is 2. The monoisotopic (exact) mass is 400 g/mol. The van der Waals surface area contributed by atoms with Crippen LogP contribution in [-0.2, 0) is 9.53 Å². The Morgan fingerprint density at radius 3 is 2.66 bits per heavy atom. The molecule has 0 radical (unpaired) electrons. The molecule has 0 amide bonds. The van der Waals surface area contributed by atoms with Crippen molar-refractivity contribution in [3.05, 3.63) is 11.6 Å². The quantitative estimate of drug-likeness (QED) is 0.369. The summed E-state index contributed by atoms with van der Waals surface area (Å²) in [5.41, 5.74) is 3.23. The summed E-state index contributed by atoms with van der Waals surface area (Å²) in [5, 5.41) is 0. The molecular formula is C27H44O2. The molecule has 0 aromatic heterocycles. The molecular weight excluding hydrogens is 356 g/mol. The van der Waals surface area contributed by atoms with Gasteiger partial charge in [0.1, 0.15) is 0 Å². The van der Waals surface area contributed by atoms with Crippen LogP contribution in [0.3, 0.4) is 0 Å². The highest BCUT2D eigenvalue weighted by molar-refractivity contribution is 5.69. The van der Waals surface area contributed by atoms with Crippen molar-refractivity contribution in [2.24, 2.45) is 45.8 Å². The molecule has 3 fully saturated rings. The molecule has 0 saturated heterocycles. The molecule has 0 aliphatic heterocycles. The minimum atomic E-state index is -0.0478. The zero-order chi connectivity index (χ0) is 21.0. The third-order valence-corrected chi connectivity index (χ3v) is 10.8. The third kappa shape index (κ3) is 3.23. The number of carbonyl (C=O) groups excluding carboxylic acids is 1. The van der Waals surface area contributed by atoms with E-state index in [1.165, 1.54) is 58.5 Å². The van der Waals surface area contributed by atoms with Crippen LogP contribution in [0.1, 0.15) is 98.8 Å². The first kappa shape index (κ1) is 21.4. The molecule has 4 aliphatic carbocycles. The number of hydrogen-bond acceptors (Lipinski definition) is 2. The second kappa shape index (κ2) is 7.41. The highest BCUT2D eigenvalue weighted by Gasteiger charge is 2.60. The lowest BCUT2D eigenvalue weighted by molar-refractivity contribution is -0.141. The molecule has 8 atom stereocenters. The third-order valence-electron chi connectivity index (χ3n) is 10.8. The number of ether oxygens (including phenoxy) is 1. The average Bonchev–Trinajstić information content (AvgIpc) is 3.04. The van der Waals surface area contributed by atoms with Gasteiger partial charge in [0.25, 0.3) is 0 Å². The molecule has 2 nitrogen and oxygen atoms in total. The fourth-order valence-corrected chi connectivity index (χ4v) is 8.81. The van der Waals surface area contributed by atoms with Gasteiger partial charge in [-0.2, -0.15) is 0 Å². The van der Waals surface area contributed by atoms with Gasteiger partial charge in [-0.15, -0.1) is 0 Å². The molecule has 0 aromatic rings. The molecule has 2 heteroatoms. The van der Waals surface area contributed by atoms with Gasteiger partial charge in [0, 0.05) is 6.42 Å². The Kier molecular flexibility index (Phi) is 5.48. The van der Waals surface area contributed by atoms with Crippen LogP contribution in [0.5, 0.6) is 0 Å². The summed E-state index contributed by atoms with van der Waals surface area (Å²) < 4.78 is 4.90. The van der Waals surface area contributed by atoms with Crippen LogP contribution in [0.4, 0.5) is 0 Å². The normalized spacial score (nSPS) is 47.4. The maximum Gasteiger partial charge on any atom is 0.305 e. The van der Waals surface area contributed by atoms with E-state index in [9.17, 15) is 4.79 Å². The van der Waals surface area contributed by atoms with Gasteiger partial charge in [-0.25, -0.2) is 0 Å². The predicted octanol–water partition coefficient (Wildman–Crippen LogP) is 7.18. The lowest BCUT2D eigenvalue weighted by Gasteiger charge is -2.62. The highest BCUT2D eigenvalue weighted by Crippen LogP contribution is 2.70. The van der Waals surface area contributed by atoms with E-state index in [-0.39, 0.29) is 5.97 Å². The summed E-state index contributed by atoms with van der Waals surface area (Å²) in [5.74, 6) is 3.88. The van der Waals surface area contributed by atoms with E-state index in [0.29, 0.717) is 28.6 Å². The van der Waals surface area contributed by atoms with E-state index in [2.05, 4.69) is 40.7 Å². The minimum absolute atomic E-state index is 0.0478. The van der Waals surface area contributed by atoms with Crippen molar-refractivity contribution in [2.75, 3.05) is 7.11 Å². The number of hydrogen-bond donors (Lipinski definition) is 0. The first-order chi connectivity index (χ1) is 13.6. The number of fused-ring (bicyclic) bond motifs is 5. The fourth-order valence-electron chi connectivity index (χ4n) is 8.81. The van der Waals surface area contributed by atoms with Gasteiger partial charge in [-0.05, 0) is 104 Å². The molecule has 0 aromatic carbocycles. The zero-order valence-electron chi connectivity index (χ0n) is 19.9. The molecule has 0 N–H and O–H groups in total. The van der Waals surface area contributed by atoms with E-state index >= 15 is 0 Å². The maximum absolute atomic E-state index is 11.7. The van der Waals surface area contributed by atoms with Crippen molar-refractivity contribution in [2.45, 2.75) is 98.8 Å². The largest absolute Gasteiger partial charge is 0.469 e. The summed E-state index contributed by atoms with van der Waals surface area (Å²) in [6.07, 6.45) is 15.4. The van der Waals surface area contributed by atoms with Gasteiger partial charge in [0.05, 0.1) is 7.11 Å². The van der Waals surface area contributed by atoms with Gasteiger partial charge < -0.3 is 4.74 Å². The summed E-state index contributed by atoms with van der Waals surface area (Å²) in [7, 11) is 1.51. The Labute approximate surface area is 179 Å². The van der Waals surface area contributed by atoms with Crippen LogP contribution in [0.2, 0.25) is 0 Å². The van der Waals surface area contributed by atoms with E-state index in [0.717, 1.165) is 30.1 Å². The van der Waals surface area contributed by atoms with Gasteiger partial charge in [0.15, 0.2) is 0 Å².